The number of anilines is 1. The van der Waals surface area contributed by atoms with Crippen LogP contribution in [0.3, 0.4) is 0 Å². The third kappa shape index (κ3) is 13.2. The minimum atomic E-state index is -0.710. The monoisotopic (exact) mass is 662 g/mol. The van der Waals surface area contributed by atoms with Gasteiger partial charge in [-0.15, -0.1) is 11.3 Å². The van der Waals surface area contributed by atoms with Crippen molar-refractivity contribution in [2.75, 3.05) is 59.4 Å². The minimum Gasteiger partial charge on any atom is -0.491 e. The Labute approximate surface area is 275 Å². The van der Waals surface area contributed by atoms with Gasteiger partial charge in [0, 0.05) is 24.0 Å². The van der Waals surface area contributed by atoms with Crippen molar-refractivity contribution < 1.29 is 37.7 Å². The molecule has 2 aromatic rings. The Bertz CT molecular complexity index is 1400. The van der Waals surface area contributed by atoms with E-state index < -0.39 is 35.2 Å². The average Bonchev–Trinajstić information content (AvgIpc) is 3.35. The summed E-state index contributed by atoms with van der Waals surface area (Å²) in [5.41, 5.74) is -0.769. The van der Waals surface area contributed by atoms with Crippen LogP contribution in [0.5, 0.6) is 5.75 Å². The van der Waals surface area contributed by atoms with Crippen LogP contribution in [-0.4, -0.2) is 98.6 Å². The van der Waals surface area contributed by atoms with Crippen LogP contribution in [0.15, 0.2) is 18.2 Å². The average molecular weight is 663 g/mol. The summed E-state index contributed by atoms with van der Waals surface area (Å²) < 4.78 is 36.3. The number of ether oxygens (including phenoxy) is 4. The summed E-state index contributed by atoms with van der Waals surface area (Å²) in [5, 5.41) is 0.337. The second-order valence-electron chi connectivity index (χ2n) is 12.8. The van der Waals surface area contributed by atoms with Gasteiger partial charge in [0.1, 0.15) is 11.2 Å². The van der Waals surface area contributed by atoms with Gasteiger partial charge in [-0.2, -0.15) is 0 Å². The molecular weight excluding hydrogens is 615 g/mol. The van der Waals surface area contributed by atoms with Gasteiger partial charge in [0.25, 0.3) is 0 Å². The Hall–Kier alpha value is -3.89. The summed E-state index contributed by atoms with van der Waals surface area (Å²) in [7, 11) is 6.74. The molecule has 0 aliphatic rings. The molecule has 0 radical (unpaired) electrons. The number of rotatable bonds is 12. The van der Waals surface area contributed by atoms with E-state index in [4.69, 9.17) is 18.9 Å². The molecule has 1 heterocycles. The fraction of sp³-hybridized carbons (Fsp3) is 0.576. The summed E-state index contributed by atoms with van der Waals surface area (Å²) in [6, 6.07) is 4.39. The second-order valence-corrected chi connectivity index (χ2v) is 13.8. The lowest BCUT2D eigenvalue weighted by molar-refractivity contribution is 0.0320. The van der Waals surface area contributed by atoms with Crippen LogP contribution in [0, 0.1) is 17.7 Å². The third-order valence-electron chi connectivity index (χ3n) is 5.89. The topological polar surface area (TPSA) is 111 Å². The zero-order valence-electron chi connectivity index (χ0n) is 28.6. The molecule has 11 nitrogen and oxygen atoms in total. The number of benzene rings is 1. The van der Waals surface area contributed by atoms with E-state index in [0.717, 1.165) is 6.54 Å². The highest BCUT2D eigenvalue weighted by molar-refractivity contribution is 7.16. The van der Waals surface area contributed by atoms with Gasteiger partial charge in [-0.1, -0.05) is 11.8 Å². The Morgan fingerprint density at radius 2 is 1.61 bits per heavy atom. The van der Waals surface area contributed by atoms with Crippen molar-refractivity contribution in [3.8, 4) is 17.6 Å². The number of amides is 2. The number of aromatic nitrogens is 1. The van der Waals surface area contributed by atoms with Crippen LogP contribution >= 0.6 is 11.3 Å². The maximum absolute atomic E-state index is 14.8. The number of hydrogen-bond acceptors (Lipinski definition) is 10. The van der Waals surface area contributed by atoms with Crippen molar-refractivity contribution in [2.45, 2.75) is 72.0 Å². The van der Waals surface area contributed by atoms with Crippen LogP contribution in [-0.2, 0) is 20.6 Å². The Kier molecular flexibility index (Phi) is 14.3. The molecular formula is C33H47FN4O7S. The first-order chi connectivity index (χ1) is 21.4. The zero-order chi connectivity index (χ0) is 34.7. The molecule has 2 amide bonds. The van der Waals surface area contributed by atoms with Gasteiger partial charge in [-0.25, -0.2) is 23.8 Å². The van der Waals surface area contributed by atoms with Crippen molar-refractivity contribution >= 4 is 34.6 Å². The van der Waals surface area contributed by atoms with E-state index in [2.05, 4.69) is 16.8 Å². The van der Waals surface area contributed by atoms with E-state index in [1.165, 1.54) is 40.4 Å². The van der Waals surface area contributed by atoms with Crippen LogP contribution < -0.4 is 9.64 Å². The Morgan fingerprint density at radius 3 is 2.20 bits per heavy atom. The smallest absolute Gasteiger partial charge is 0.416 e. The van der Waals surface area contributed by atoms with Gasteiger partial charge in [0.05, 0.1) is 20.3 Å². The molecule has 13 heteroatoms. The summed E-state index contributed by atoms with van der Waals surface area (Å²) in [4.78, 5) is 47.6. The van der Waals surface area contributed by atoms with Gasteiger partial charge in [-0.3, -0.25) is 4.90 Å². The third-order valence-corrected chi connectivity index (χ3v) is 7.03. The first-order valence-corrected chi connectivity index (χ1v) is 15.8. The summed E-state index contributed by atoms with van der Waals surface area (Å²) >= 11 is 1.21. The number of esters is 1. The number of aryl methyl sites for hydroxylation is 1. The van der Waals surface area contributed by atoms with E-state index in [0.29, 0.717) is 41.4 Å². The van der Waals surface area contributed by atoms with Gasteiger partial charge in [0.2, 0.25) is 0 Å². The van der Waals surface area contributed by atoms with E-state index in [1.807, 2.05) is 19.0 Å². The Balaban J connectivity index is 2.07. The van der Waals surface area contributed by atoms with Crippen LogP contribution in [0.2, 0.25) is 0 Å². The highest BCUT2D eigenvalue weighted by atomic mass is 32.1. The van der Waals surface area contributed by atoms with Crippen LogP contribution in [0.1, 0.15) is 75.3 Å². The largest absolute Gasteiger partial charge is 0.491 e. The van der Waals surface area contributed by atoms with Gasteiger partial charge in [0.15, 0.2) is 22.4 Å². The lowest BCUT2D eigenvalue weighted by Gasteiger charge is -2.26. The van der Waals surface area contributed by atoms with Crippen molar-refractivity contribution in [1.82, 2.24) is 14.8 Å². The first kappa shape index (κ1) is 38.3. The molecule has 0 saturated heterocycles. The highest BCUT2D eigenvalue weighted by Gasteiger charge is 2.28. The number of hydrogen-bond donors (Lipinski definition) is 0. The predicted octanol–water partition coefficient (Wildman–Crippen LogP) is 5.99. The maximum Gasteiger partial charge on any atom is 0.416 e. The van der Waals surface area contributed by atoms with E-state index >= 15 is 0 Å². The molecule has 0 aliphatic heterocycles. The fourth-order valence-electron chi connectivity index (χ4n) is 3.78. The maximum atomic E-state index is 14.8. The molecule has 0 N–H and O–H groups in total. The molecule has 2 rings (SSSR count). The predicted molar refractivity (Wildman–Crippen MR) is 176 cm³/mol. The molecule has 0 fully saturated rings. The SMILES string of the molecule is COC(=O)c1nc(N(CCCN(C)C)C(=O)OC(C)(C)C)sc1CCCOc1ccc(C#CCN(C)C(=O)OC(C)(C)C)cc1F. The lowest BCUT2D eigenvalue weighted by atomic mass is 10.2. The Morgan fingerprint density at radius 1 is 0.957 bits per heavy atom. The molecule has 46 heavy (non-hydrogen) atoms. The van der Waals surface area contributed by atoms with Crippen molar-refractivity contribution in [2.24, 2.45) is 0 Å². The molecule has 0 atom stereocenters. The minimum absolute atomic E-state index is 0.0617. The van der Waals surface area contributed by atoms with Crippen LogP contribution in [0.25, 0.3) is 0 Å². The number of thiazole rings is 1. The highest BCUT2D eigenvalue weighted by Crippen LogP contribution is 2.30. The normalized spacial score (nSPS) is 11.4. The summed E-state index contributed by atoms with van der Waals surface area (Å²) in [5.74, 6) is 4.55. The quantitative estimate of drug-likeness (QED) is 0.117. The fourth-order valence-corrected chi connectivity index (χ4v) is 4.89. The van der Waals surface area contributed by atoms with Gasteiger partial charge < -0.3 is 28.7 Å². The van der Waals surface area contributed by atoms with E-state index in [9.17, 15) is 18.8 Å². The van der Waals surface area contributed by atoms with Crippen molar-refractivity contribution in [1.29, 1.82) is 0 Å². The van der Waals surface area contributed by atoms with Crippen molar-refractivity contribution in [3.05, 3.63) is 40.2 Å². The molecule has 0 aliphatic carbocycles. The van der Waals surface area contributed by atoms with Gasteiger partial charge >= 0.3 is 18.2 Å². The number of carbonyl (C=O) groups is 3. The molecule has 0 saturated carbocycles. The number of carbonyl (C=O) groups excluding carboxylic acids is 3. The number of methoxy groups -OCH3 is 1. The van der Waals surface area contributed by atoms with E-state index in [1.54, 1.807) is 54.7 Å². The lowest BCUT2D eigenvalue weighted by Crippen LogP contribution is -2.38. The number of nitrogens with zero attached hydrogens (tertiary/aromatic N) is 4. The molecule has 0 unspecified atom stereocenters. The number of halogens is 1. The van der Waals surface area contributed by atoms with Crippen LogP contribution in [0.4, 0.5) is 19.1 Å². The molecule has 1 aromatic carbocycles. The second kappa shape index (κ2) is 17.1. The van der Waals surface area contributed by atoms with Crippen molar-refractivity contribution in [3.63, 3.8) is 0 Å². The molecule has 254 valence electrons. The first-order valence-electron chi connectivity index (χ1n) is 15.0. The zero-order valence-corrected chi connectivity index (χ0v) is 29.4. The molecule has 0 spiro atoms. The van der Waals surface area contributed by atoms with E-state index in [-0.39, 0.29) is 24.6 Å². The van der Waals surface area contributed by atoms with Gasteiger partial charge in [-0.05, 0) is 99.6 Å². The summed E-state index contributed by atoms with van der Waals surface area (Å²) in [6.07, 6.45) is 0.451. The standard InChI is InChI=1S/C33H47FN4O7S/c1-32(2,3)44-30(40)37(9)19-11-14-23-16-17-25(24(34)22-23)43-21-12-15-26-27(28(39)42-10)35-29(46-26)38(20-13-18-36(7)8)31(41)45-33(4,5)6/h16-17,22H,12-13,15,18-21H2,1-10H3. The summed E-state index contributed by atoms with van der Waals surface area (Å²) in [6.45, 7) is 12.1. The molecule has 1 aromatic heterocycles. The molecule has 0 bridgehead atoms.